The number of aliphatic carboxylic acids is 1. The highest BCUT2D eigenvalue weighted by molar-refractivity contribution is 7.10. The molecule has 6 aliphatic rings. The van der Waals surface area contributed by atoms with Gasteiger partial charge in [-0.05, 0) is 87.8 Å². The van der Waals surface area contributed by atoms with Gasteiger partial charge in [-0.15, -0.1) is 22.7 Å². The second-order valence-electron chi connectivity index (χ2n) is 26.0. The largest absolute Gasteiger partial charge is 0.489 e. The molecule has 0 radical (unpaired) electrons. The van der Waals surface area contributed by atoms with Crippen LogP contribution in [0.3, 0.4) is 0 Å². The Kier molecular flexibility index (Phi) is 33.7. The van der Waals surface area contributed by atoms with Crippen molar-refractivity contribution in [1.82, 2.24) is 30.0 Å². The number of benzene rings is 2. The number of hydrogen-bond donors (Lipinski definition) is 3. The van der Waals surface area contributed by atoms with E-state index in [4.69, 9.17) is 33.2 Å². The van der Waals surface area contributed by atoms with Crippen LogP contribution in [0.4, 0.5) is 64.1 Å². The summed E-state index contributed by atoms with van der Waals surface area (Å²) in [6, 6.07) is 15.4. The van der Waals surface area contributed by atoms with Gasteiger partial charge in [-0.1, -0.05) is 78.3 Å². The summed E-state index contributed by atoms with van der Waals surface area (Å²) in [7, 11) is 0. The number of amides is 3. The van der Waals surface area contributed by atoms with Crippen LogP contribution in [0.15, 0.2) is 120 Å². The molecule has 6 aromatic rings. The Labute approximate surface area is 661 Å². The van der Waals surface area contributed by atoms with Crippen LogP contribution in [-0.2, 0) is 43.8 Å². The molecule has 0 spiro atoms. The minimum Gasteiger partial charge on any atom is -0.489 e. The third-order valence-corrected chi connectivity index (χ3v) is 20.7. The maximum absolute atomic E-state index is 15.0. The molecule has 4 aromatic heterocycles. The van der Waals surface area contributed by atoms with E-state index < -0.39 is 115 Å². The van der Waals surface area contributed by atoms with Crippen molar-refractivity contribution in [3.8, 4) is 34.8 Å². The third-order valence-electron chi connectivity index (χ3n) is 18.8. The number of thiophene rings is 2. The lowest BCUT2D eigenvalue weighted by Gasteiger charge is -2.50. The van der Waals surface area contributed by atoms with E-state index in [1.807, 2.05) is 35.2 Å². The summed E-state index contributed by atoms with van der Waals surface area (Å²) in [5.41, 5.74) is -6.56. The van der Waals surface area contributed by atoms with Crippen LogP contribution in [0.25, 0.3) is 0 Å². The number of pyridine rings is 2. The molecule has 628 valence electrons. The number of fused-ring (bicyclic) bond motifs is 4. The molecular formula is C78H96F12N8O14S2. The second kappa shape index (κ2) is 41.1. The highest BCUT2D eigenvalue weighted by Gasteiger charge is 2.58. The van der Waals surface area contributed by atoms with Gasteiger partial charge in [0, 0.05) is 120 Å². The maximum Gasteiger partial charge on any atom is 0.425 e. The van der Waals surface area contributed by atoms with Crippen LogP contribution in [0, 0.1) is 0 Å². The minimum absolute atomic E-state index is 0. The number of carbonyl (C=O) groups excluding carboxylic acids is 4. The zero-order chi connectivity index (χ0) is 79.0. The Balaban J connectivity index is 0.000000289. The first-order chi connectivity index (χ1) is 52.4. The number of aromatic nitrogens is 2. The van der Waals surface area contributed by atoms with Crippen molar-refractivity contribution < 1.29 is 120 Å². The molecule has 4 fully saturated rings. The van der Waals surface area contributed by atoms with Gasteiger partial charge in [0.25, 0.3) is 17.7 Å². The van der Waals surface area contributed by atoms with Gasteiger partial charge in [0.2, 0.25) is 23.0 Å². The Hall–Kier alpha value is -9.55. The molecule has 0 bridgehead atoms. The molecule has 3 N–H and O–H groups in total. The fourth-order valence-electron chi connectivity index (χ4n) is 13.8. The number of piperidine rings is 2. The van der Waals surface area contributed by atoms with E-state index in [1.54, 1.807) is 36.4 Å². The molecule has 10 heterocycles. The number of rotatable bonds is 15. The summed E-state index contributed by atoms with van der Waals surface area (Å²) in [6.45, 7) is 6.67. The number of nitrogens with one attached hydrogen (secondary N) is 1. The second-order valence-corrected chi connectivity index (χ2v) is 27.8. The van der Waals surface area contributed by atoms with Gasteiger partial charge in [-0.3, -0.25) is 19.2 Å². The maximum atomic E-state index is 15.0. The molecule has 114 heavy (non-hydrogen) atoms. The first-order valence-electron chi connectivity index (χ1n) is 35.4. The number of aliphatic hydroxyl groups excluding tert-OH is 1. The van der Waals surface area contributed by atoms with E-state index in [9.17, 15) is 86.9 Å². The average Bonchev–Trinajstić information content (AvgIpc) is 0.948. The van der Waals surface area contributed by atoms with Gasteiger partial charge in [0.05, 0.1) is 54.4 Å². The molecule has 36 heteroatoms. The number of para-hydroxylation sites is 4. The predicted octanol–water partition coefficient (Wildman–Crippen LogP) is 15.8. The summed E-state index contributed by atoms with van der Waals surface area (Å²) in [4.78, 5) is 80.3. The molecule has 4 atom stereocenters. The van der Waals surface area contributed by atoms with Crippen LogP contribution >= 0.6 is 22.7 Å². The number of piperazine rings is 2. The first-order valence-corrected chi connectivity index (χ1v) is 37.1. The zero-order valence-corrected chi connectivity index (χ0v) is 61.0. The number of carbonyl (C=O) groups is 5. The predicted molar refractivity (Wildman–Crippen MR) is 405 cm³/mol. The monoisotopic (exact) mass is 1660 g/mol. The summed E-state index contributed by atoms with van der Waals surface area (Å²) >= 11 is 0.698. The van der Waals surface area contributed by atoms with Crippen LogP contribution in [0.1, 0.15) is 142 Å². The fraction of sp³-hybridized carbons (Fsp3) is 0.500. The van der Waals surface area contributed by atoms with Gasteiger partial charge in [0.1, 0.15) is 63.7 Å². The van der Waals surface area contributed by atoms with E-state index in [0.717, 1.165) is 82.3 Å². The molecular weight excluding hydrogens is 1570 g/mol. The number of carboxylic acids is 1. The quantitative estimate of drug-likeness (QED) is 0.0374. The summed E-state index contributed by atoms with van der Waals surface area (Å²) in [6.07, 6.45) is -9.25. The van der Waals surface area contributed by atoms with Gasteiger partial charge >= 0.3 is 36.6 Å². The summed E-state index contributed by atoms with van der Waals surface area (Å²) in [5, 5.41) is 25.0. The molecule has 0 unspecified atom stereocenters. The number of carboxylic acid groups (broad SMARTS) is 1. The standard InChI is InChI=1S/C36H38F6N4O6S.C24H22F6N2O5S.C14H20N2O3.4CH4/c37-35(38,39)25-11-13-43-31-30(25)32(48)46-14-7-12-34(28(46)10-3-1-2-6-20-51-31,52-24-22-29(53-23-24)36(40,41)42)33(49)45-17-15-44(16-18-45)26-8-4-5-9-27(26)50-21-19-47;25-23(26,27)15-7-9-31-19-18(15)20(33)32-10-5-8-22(21(34)35,16(32)6-3-1-2-4-11-36-19)37-14-12-17(38-13-14)24(28,29)30;1-12(17)18-10-11-19-14-5-3-2-4-13(14)16-8-6-15-7-9-16;;;;/h1,3-5,8-9,11,13,22-23,28,47H,2,6-7,10,12,14-21H2;1,3,7,9,12-13,16H,2,4-6,8,10-11H2,(H,34,35);2-5,15H,6-11H2,1H3;4*1H4/b2*3-1-;;;;;/t28-,34+;16-,22+;;;;;/m11...../s1. The van der Waals surface area contributed by atoms with Gasteiger partial charge < -0.3 is 73.2 Å². The highest BCUT2D eigenvalue weighted by Crippen LogP contribution is 2.47. The Morgan fingerprint density at radius 3 is 1.44 bits per heavy atom. The number of esters is 1. The van der Waals surface area contributed by atoms with Crippen molar-refractivity contribution in [1.29, 1.82) is 0 Å². The third kappa shape index (κ3) is 22.7. The minimum atomic E-state index is -4.95. The number of halogens is 12. The number of nitrogens with zero attached hydrogens (tertiary/aromatic N) is 7. The number of ether oxygens (including phenoxy) is 7. The van der Waals surface area contributed by atoms with Crippen LogP contribution in [0.5, 0.6) is 34.8 Å². The summed E-state index contributed by atoms with van der Waals surface area (Å²) in [5.74, 6) is -4.92. The fourth-order valence-corrected chi connectivity index (χ4v) is 15.1. The molecule has 0 saturated carbocycles. The lowest BCUT2D eigenvalue weighted by Crippen LogP contribution is -2.69. The van der Waals surface area contributed by atoms with Gasteiger partial charge in [-0.2, -0.15) is 52.7 Å². The molecule has 0 aliphatic carbocycles. The van der Waals surface area contributed by atoms with Crippen molar-refractivity contribution in [2.24, 2.45) is 0 Å². The topological polar surface area (TPSA) is 244 Å². The van der Waals surface area contributed by atoms with Crippen molar-refractivity contribution in [2.45, 2.75) is 149 Å². The molecule has 6 aliphatic heterocycles. The molecule has 22 nitrogen and oxygen atoms in total. The molecule has 12 rings (SSSR count). The number of allylic oxidation sites excluding steroid dienone is 2. The Morgan fingerprint density at radius 1 is 0.561 bits per heavy atom. The zero-order valence-electron chi connectivity index (χ0n) is 59.4. The van der Waals surface area contributed by atoms with Crippen LogP contribution in [0.2, 0.25) is 0 Å². The molecule has 4 saturated heterocycles. The van der Waals surface area contributed by atoms with E-state index in [2.05, 4.69) is 26.3 Å². The number of alkyl halides is 12. The average molecular weight is 1660 g/mol. The van der Waals surface area contributed by atoms with E-state index in [1.165, 1.54) is 11.8 Å². The van der Waals surface area contributed by atoms with Crippen molar-refractivity contribution in [3.05, 3.63) is 152 Å². The number of anilines is 2. The van der Waals surface area contributed by atoms with Gasteiger partial charge in [-0.25, -0.2) is 14.8 Å². The lowest BCUT2D eigenvalue weighted by molar-refractivity contribution is -0.165. The van der Waals surface area contributed by atoms with Crippen LogP contribution in [-0.4, -0.2) is 193 Å². The first kappa shape index (κ1) is 93.3. The Morgan fingerprint density at radius 2 is 1.00 bits per heavy atom. The SMILES string of the molecule is C.C.C.C.CC(=O)OCCOc1ccccc1N1CCNCC1.O=C1c2c(C(F)(F)F)ccnc2OCCC/C=C\C[C@H]2N1CCC[C@@]2(Oc1csc(C(F)(F)F)c1)C(=O)N1CCN(c2ccccc2OCCO)CC1.O=C1c2c(C(F)(F)F)ccnc2OCCC/C=C\C[C@H]2N1CCC[C@@]2(Oc1csc(C(F)(F)F)c1)C(=O)O. The van der Waals surface area contributed by atoms with E-state index in [0.29, 0.717) is 92.0 Å². The smallest absolute Gasteiger partial charge is 0.425 e. The van der Waals surface area contributed by atoms with Crippen molar-refractivity contribution >= 4 is 63.7 Å². The normalized spacial score (nSPS) is 20.7. The molecule has 3 amide bonds. The van der Waals surface area contributed by atoms with Crippen molar-refractivity contribution in [3.63, 3.8) is 0 Å². The van der Waals surface area contributed by atoms with Gasteiger partial charge in [0.15, 0.2) is 0 Å². The van der Waals surface area contributed by atoms with E-state index >= 15 is 0 Å². The lowest BCUT2D eigenvalue weighted by atomic mass is 9.80. The van der Waals surface area contributed by atoms with E-state index in [-0.39, 0.29) is 145 Å². The number of hydrogen-bond acceptors (Lipinski definition) is 20. The number of aliphatic hydroxyl groups is 1. The Bertz CT molecular complexity index is 4200. The summed E-state index contributed by atoms with van der Waals surface area (Å²) < 4.78 is 205. The molecule has 2 aromatic carbocycles. The highest BCUT2D eigenvalue weighted by atomic mass is 32.1. The van der Waals surface area contributed by atoms with Crippen LogP contribution < -0.4 is 43.5 Å². The van der Waals surface area contributed by atoms with Crippen molar-refractivity contribution in [2.75, 3.05) is 115 Å².